The number of esters is 1. The van der Waals surface area contributed by atoms with Crippen LogP contribution in [0.15, 0.2) is 48.5 Å². The Kier molecular flexibility index (Phi) is 6.44. The van der Waals surface area contributed by atoms with E-state index in [-0.39, 0.29) is 29.9 Å². The number of benzene rings is 2. The Balaban J connectivity index is 2.11. The first-order valence-corrected chi connectivity index (χ1v) is 7.87. The molecule has 0 aliphatic heterocycles. The highest BCUT2D eigenvalue weighted by molar-refractivity contribution is 5.99. The van der Waals surface area contributed by atoms with Gasteiger partial charge in [-0.3, -0.25) is 14.9 Å². The Hall–Kier alpha value is -3.93. The van der Waals surface area contributed by atoms with Gasteiger partial charge in [0.25, 0.3) is 11.6 Å². The van der Waals surface area contributed by atoms with Crippen LogP contribution in [0.3, 0.4) is 0 Å². The van der Waals surface area contributed by atoms with Crippen molar-refractivity contribution in [1.29, 1.82) is 5.26 Å². The lowest BCUT2D eigenvalue weighted by atomic mass is 10.1. The quantitative estimate of drug-likeness (QED) is 0.342. The van der Waals surface area contributed by atoms with Crippen molar-refractivity contribution in [1.82, 2.24) is 0 Å². The molecule has 27 heavy (non-hydrogen) atoms. The van der Waals surface area contributed by atoms with E-state index in [0.29, 0.717) is 5.69 Å². The Morgan fingerprint density at radius 1 is 1.22 bits per heavy atom. The van der Waals surface area contributed by atoms with Crippen molar-refractivity contribution in [2.75, 3.05) is 23.8 Å². The average molecular weight is 368 g/mol. The first-order chi connectivity index (χ1) is 12.9. The van der Waals surface area contributed by atoms with E-state index in [1.807, 2.05) is 6.07 Å². The number of carbonyl (C=O) groups is 2. The fourth-order valence-electron chi connectivity index (χ4n) is 2.29. The summed E-state index contributed by atoms with van der Waals surface area (Å²) < 4.78 is 4.97. The van der Waals surface area contributed by atoms with Gasteiger partial charge < -0.3 is 15.4 Å². The topological polar surface area (TPSA) is 140 Å². The van der Waals surface area contributed by atoms with Crippen molar-refractivity contribution in [3.63, 3.8) is 0 Å². The predicted octanol–water partition coefficient (Wildman–Crippen LogP) is 2.28. The summed E-state index contributed by atoms with van der Waals surface area (Å²) in [6.07, 6.45) is 0.104. The number of para-hydroxylation sites is 1. The maximum Gasteiger partial charge on any atom is 0.341 e. The zero-order chi connectivity index (χ0) is 19.8. The minimum atomic E-state index is -0.946. The van der Waals surface area contributed by atoms with Gasteiger partial charge in [-0.15, -0.1) is 0 Å². The third-order valence-corrected chi connectivity index (χ3v) is 3.61. The molecule has 138 valence electrons. The zero-order valence-electron chi connectivity index (χ0n) is 14.2. The van der Waals surface area contributed by atoms with Gasteiger partial charge in [0.05, 0.1) is 23.0 Å². The number of rotatable bonds is 7. The van der Waals surface area contributed by atoms with Gasteiger partial charge in [0.1, 0.15) is 0 Å². The lowest BCUT2D eigenvalue weighted by molar-refractivity contribution is -0.384. The van der Waals surface area contributed by atoms with Crippen molar-refractivity contribution < 1.29 is 19.2 Å². The predicted molar refractivity (Wildman–Crippen MR) is 96.8 cm³/mol. The molecule has 0 unspecified atom stereocenters. The van der Waals surface area contributed by atoms with E-state index in [1.54, 1.807) is 30.3 Å². The zero-order valence-corrected chi connectivity index (χ0v) is 14.2. The Morgan fingerprint density at radius 3 is 2.56 bits per heavy atom. The first-order valence-electron chi connectivity index (χ1n) is 7.87. The number of non-ortho nitro benzene ring substituents is 1. The van der Waals surface area contributed by atoms with E-state index in [1.165, 1.54) is 11.0 Å². The molecule has 0 heterocycles. The molecule has 2 N–H and O–H groups in total. The average Bonchev–Trinajstić information content (AvgIpc) is 2.67. The van der Waals surface area contributed by atoms with Gasteiger partial charge in [-0.05, 0) is 18.2 Å². The summed E-state index contributed by atoms with van der Waals surface area (Å²) in [6, 6.07) is 14.0. The summed E-state index contributed by atoms with van der Waals surface area (Å²) >= 11 is 0. The number of hydrogen-bond donors (Lipinski definition) is 1. The van der Waals surface area contributed by atoms with Gasteiger partial charge in [0, 0.05) is 30.1 Å². The highest BCUT2D eigenvalue weighted by Crippen LogP contribution is 2.21. The van der Waals surface area contributed by atoms with Crippen LogP contribution >= 0.6 is 0 Å². The van der Waals surface area contributed by atoms with E-state index in [0.717, 1.165) is 12.1 Å². The van der Waals surface area contributed by atoms with Gasteiger partial charge in [0.2, 0.25) is 0 Å². The summed E-state index contributed by atoms with van der Waals surface area (Å²) in [7, 11) is 0. The lowest BCUT2D eigenvalue weighted by Gasteiger charge is -2.21. The number of anilines is 2. The molecule has 0 aliphatic carbocycles. The Bertz CT molecular complexity index is 892. The fourth-order valence-corrected chi connectivity index (χ4v) is 2.29. The molecule has 0 spiro atoms. The van der Waals surface area contributed by atoms with Crippen LogP contribution in [0.5, 0.6) is 0 Å². The summed E-state index contributed by atoms with van der Waals surface area (Å²) in [4.78, 5) is 36.1. The third kappa shape index (κ3) is 5.02. The Labute approximate surface area is 154 Å². The maximum atomic E-state index is 12.4. The molecule has 0 saturated carbocycles. The van der Waals surface area contributed by atoms with E-state index in [9.17, 15) is 19.7 Å². The molecule has 2 aromatic carbocycles. The molecule has 0 saturated heterocycles. The van der Waals surface area contributed by atoms with Crippen LogP contribution in [0.25, 0.3) is 0 Å². The number of nitriles is 1. The molecule has 0 fully saturated rings. The van der Waals surface area contributed by atoms with Crippen LogP contribution in [0.2, 0.25) is 0 Å². The van der Waals surface area contributed by atoms with Crippen LogP contribution in [0.1, 0.15) is 16.8 Å². The molecular weight excluding hydrogens is 352 g/mol. The number of amides is 1. The van der Waals surface area contributed by atoms with Gasteiger partial charge in [-0.25, -0.2) is 4.79 Å². The van der Waals surface area contributed by atoms with Crippen molar-refractivity contribution in [3.8, 4) is 6.07 Å². The lowest BCUT2D eigenvalue weighted by Crippen LogP contribution is -2.35. The molecule has 0 bridgehead atoms. The minimum Gasteiger partial charge on any atom is -0.452 e. The van der Waals surface area contributed by atoms with Crippen molar-refractivity contribution in [3.05, 3.63) is 64.2 Å². The molecule has 0 aliphatic rings. The molecule has 9 nitrogen and oxygen atoms in total. The first kappa shape index (κ1) is 19.4. The van der Waals surface area contributed by atoms with E-state index >= 15 is 0 Å². The number of nitrogen functional groups attached to an aromatic ring is 1. The van der Waals surface area contributed by atoms with Crippen LogP contribution in [-0.2, 0) is 9.53 Å². The molecule has 0 atom stereocenters. The number of nitro benzene ring substituents is 1. The van der Waals surface area contributed by atoms with Crippen LogP contribution in [0.4, 0.5) is 17.1 Å². The maximum absolute atomic E-state index is 12.4. The standard InChI is InChI=1S/C18H16N4O5/c19-9-4-10-21(13-5-2-1-3-6-13)17(23)12-27-18(24)15-11-14(22(25)26)7-8-16(15)20/h1-3,5-8,11H,4,10,12,20H2. The minimum absolute atomic E-state index is 0.00226. The molecular formula is C18H16N4O5. The molecule has 1 amide bonds. The number of nitrogens with zero attached hydrogens (tertiary/aromatic N) is 3. The van der Waals surface area contributed by atoms with E-state index in [4.69, 9.17) is 15.7 Å². The normalized spacial score (nSPS) is 9.89. The molecule has 9 heteroatoms. The second-order valence-corrected chi connectivity index (χ2v) is 5.39. The number of ether oxygens (including phenoxy) is 1. The second-order valence-electron chi connectivity index (χ2n) is 5.39. The highest BCUT2D eigenvalue weighted by atomic mass is 16.6. The monoisotopic (exact) mass is 368 g/mol. The summed E-state index contributed by atoms with van der Waals surface area (Å²) in [6.45, 7) is -0.461. The van der Waals surface area contributed by atoms with Crippen molar-refractivity contribution in [2.24, 2.45) is 0 Å². The van der Waals surface area contributed by atoms with Crippen LogP contribution in [0, 0.1) is 21.4 Å². The van der Waals surface area contributed by atoms with Crippen molar-refractivity contribution >= 4 is 28.9 Å². The third-order valence-electron chi connectivity index (χ3n) is 3.61. The van der Waals surface area contributed by atoms with Crippen molar-refractivity contribution in [2.45, 2.75) is 6.42 Å². The van der Waals surface area contributed by atoms with Gasteiger partial charge in [-0.2, -0.15) is 5.26 Å². The van der Waals surface area contributed by atoms with Gasteiger partial charge in [0.15, 0.2) is 6.61 Å². The van der Waals surface area contributed by atoms with Gasteiger partial charge >= 0.3 is 5.97 Å². The molecule has 0 aromatic heterocycles. The van der Waals surface area contributed by atoms with E-state index in [2.05, 4.69) is 0 Å². The van der Waals surface area contributed by atoms with Crippen LogP contribution < -0.4 is 10.6 Å². The smallest absolute Gasteiger partial charge is 0.341 e. The number of nitrogens with two attached hydrogens (primary N) is 1. The highest BCUT2D eigenvalue weighted by Gasteiger charge is 2.20. The molecule has 2 rings (SSSR count). The number of hydrogen-bond acceptors (Lipinski definition) is 7. The largest absolute Gasteiger partial charge is 0.452 e. The number of nitro groups is 1. The van der Waals surface area contributed by atoms with Gasteiger partial charge in [-0.1, -0.05) is 18.2 Å². The number of carbonyl (C=O) groups excluding carboxylic acids is 2. The summed E-state index contributed by atoms with van der Waals surface area (Å²) in [5, 5.41) is 19.6. The fraction of sp³-hybridized carbons (Fsp3) is 0.167. The van der Waals surface area contributed by atoms with Crippen LogP contribution in [-0.4, -0.2) is 30.0 Å². The molecule has 0 radical (unpaired) electrons. The molecule has 2 aromatic rings. The van der Waals surface area contributed by atoms with E-state index < -0.39 is 23.4 Å². The Morgan fingerprint density at radius 2 is 1.93 bits per heavy atom. The summed E-state index contributed by atoms with van der Waals surface area (Å²) in [5.74, 6) is -1.48. The SMILES string of the molecule is N#CCCN(C(=O)COC(=O)c1cc([N+](=O)[O-])ccc1N)c1ccccc1. The summed E-state index contributed by atoms with van der Waals surface area (Å²) in [5.41, 5.74) is 5.71. The second kappa shape index (κ2) is 8.96.